The number of benzene rings is 3. The summed E-state index contributed by atoms with van der Waals surface area (Å²) in [6.45, 7) is 10.7. The van der Waals surface area contributed by atoms with Gasteiger partial charge in [-0.3, -0.25) is 9.79 Å². The molecule has 0 spiro atoms. The van der Waals surface area contributed by atoms with E-state index in [1.165, 1.54) is 27.3 Å². The summed E-state index contributed by atoms with van der Waals surface area (Å²) in [5.74, 6) is 0.0870. The largest absolute Gasteiger partial charge is 0.365 e. The monoisotopic (exact) mass is 455 g/mol. The first-order valence-corrected chi connectivity index (χ1v) is 12.3. The van der Waals surface area contributed by atoms with E-state index in [4.69, 9.17) is 4.99 Å². The normalized spacial score (nSPS) is 17.7. The highest BCUT2D eigenvalue weighted by molar-refractivity contribution is 7.99. The third-order valence-electron chi connectivity index (χ3n) is 6.49. The van der Waals surface area contributed by atoms with Gasteiger partial charge in [-0.05, 0) is 75.7 Å². The van der Waals surface area contributed by atoms with Gasteiger partial charge in [0.2, 0.25) is 0 Å². The van der Waals surface area contributed by atoms with E-state index in [-0.39, 0.29) is 11.9 Å². The van der Waals surface area contributed by atoms with Crippen LogP contribution in [0.4, 0.5) is 11.4 Å². The van der Waals surface area contributed by atoms with Gasteiger partial charge in [0.15, 0.2) is 0 Å². The van der Waals surface area contributed by atoms with Crippen molar-refractivity contribution in [3.05, 3.63) is 82.9 Å². The van der Waals surface area contributed by atoms with Crippen LogP contribution in [0, 0.1) is 13.8 Å². The number of hydrogen-bond acceptors (Lipinski definition) is 4. The van der Waals surface area contributed by atoms with Crippen LogP contribution in [-0.4, -0.2) is 42.2 Å². The third-order valence-corrected chi connectivity index (χ3v) is 7.63. The highest BCUT2D eigenvalue weighted by Crippen LogP contribution is 2.41. The number of aliphatic imine (C=N–C) groups is 1. The van der Waals surface area contributed by atoms with E-state index in [0.29, 0.717) is 12.1 Å². The van der Waals surface area contributed by atoms with Crippen LogP contribution in [0.3, 0.4) is 0 Å². The minimum absolute atomic E-state index is 0.0870. The zero-order chi connectivity index (χ0) is 23.1. The van der Waals surface area contributed by atoms with Gasteiger partial charge >= 0.3 is 0 Å². The van der Waals surface area contributed by atoms with E-state index in [1.54, 1.807) is 11.8 Å². The Labute approximate surface area is 200 Å². The fourth-order valence-corrected chi connectivity index (χ4v) is 5.75. The van der Waals surface area contributed by atoms with Gasteiger partial charge in [0.05, 0.1) is 5.69 Å². The van der Waals surface area contributed by atoms with Crippen LogP contribution in [0.2, 0.25) is 0 Å². The molecule has 0 aromatic heterocycles. The molecule has 0 unspecified atom stereocenters. The van der Waals surface area contributed by atoms with Gasteiger partial charge in [-0.15, -0.1) is 0 Å². The number of carbonyl (C=O) groups is 1. The second-order valence-electron chi connectivity index (χ2n) is 9.11. The van der Waals surface area contributed by atoms with E-state index in [0.717, 1.165) is 29.4 Å². The van der Waals surface area contributed by atoms with Crippen LogP contribution in [0.1, 0.15) is 40.9 Å². The van der Waals surface area contributed by atoms with Crippen molar-refractivity contribution < 1.29 is 4.79 Å². The molecule has 0 radical (unpaired) electrons. The zero-order valence-electron chi connectivity index (χ0n) is 19.6. The van der Waals surface area contributed by atoms with Crippen LogP contribution in [0.5, 0.6) is 0 Å². The number of carbonyl (C=O) groups excluding carboxylic acids is 1. The maximum Gasteiger partial charge on any atom is 0.254 e. The maximum absolute atomic E-state index is 13.4. The Bertz CT molecular complexity index is 1270. The number of fused-ring (bicyclic) bond motifs is 2. The summed E-state index contributed by atoms with van der Waals surface area (Å²) in [5, 5.41) is 0. The topological polar surface area (TPSA) is 35.9 Å². The van der Waals surface area contributed by atoms with Crippen LogP contribution >= 0.6 is 11.8 Å². The number of hydrogen-bond donors (Lipinski definition) is 0. The lowest BCUT2D eigenvalue weighted by molar-refractivity contribution is 0.0726. The Morgan fingerprint density at radius 2 is 1.73 bits per heavy atom. The zero-order valence-corrected chi connectivity index (χ0v) is 20.4. The van der Waals surface area contributed by atoms with Gasteiger partial charge in [-0.2, -0.15) is 0 Å². The molecule has 0 bridgehead atoms. The molecule has 1 atom stereocenters. The minimum Gasteiger partial charge on any atom is -0.365 e. The maximum atomic E-state index is 13.4. The summed E-state index contributed by atoms with van der Waals surface area (Å²) in [4.78, 5) is 25.0. The van der Waals surface area contributed by atoms with Crippen LogP contribution in [0.25, 0.3) is 0 Å². The quantitative estimate of drug-likeness (QED) is 0.458. The number of aryl methyl sites for hydroxylation is 2. The minimum atomic E-state index is 0.0870. The summed E-state index contributed by atoms with van der Waals surface area (Å²) < 4.78 is 0. The van der Waals surface area contributed by atoms with Crippen molar-refractivity contribution in [2.75, 3.05) is 24.5 Å². The van der Waals surface area contributed by atoms with Gasteiger partial charge in [0, 0.05) is 58.0 Å². The third kappa shape index (κ3) is 4.30. The first-order valence-electron chi connectivity index (χ1n) is 11.5. The van der Waals surface area contributed by atoms with Crippen molar-refractivity contribution in [1.29, 1.82) is 0 Å². The van der Waals surface area contributed by atoms with Gasteiger partial charge < -0.3 is 9.80 Å². The molecule has 168 valence electrons. The molecule has 1 saturated heterocycles. The molecule has 0 saturated carbocycles. The second-order valence-corrected chi connectivity index (χ2v) is 10.2. The van der Waals surface area contributed by atoms with E-state index >= 15 is 0 Å². The predicted octanol–water partition coefficient (Wildman–Crippen LogP) is 6.26. The average Bonchev–Trinajstić information content (AvgIpc) is 2.93. The van der Waals surface area contributed by atoms with Crippen LogP contribution < -0.4 is 4.90 Å². The van der Waals surface area contributed by atoms with Crippen molar-refractivity contribution in [2.45, 2.75) is 43.5 Å². The van der Waals surface area contributed by atoms with Gasteiger partial charge in [0.1, 0.15) is 0 Å². The summed E-state index contributed by atoms with van der Waals surface area (Å²) in [6, 6.07) is 21.3. The van der Waals surface area contributed by atoms with Crippen molar-refractivity contribution in [3.8, 4) is 0 Å². The molecule has 33 heavy (non-hydrogen) atoms. The van der Waals surface area contributed by atoms with Crippen molar-refractivity contribution in [2.24, 2.45) is 4.99 Å². The van der Waals surface area contributed by atoms with Gasteiger partial charge in [-0.1, -0.05) is 35.5 Å². The highest BCUT2D eigenvalue weighted by atomic mass is 32.2. The molecular formula is C28H29N3OS. The Kier molecular flexibility index (Phi) is 5.75. The van der Waals surface area contributed by atoms with E-state index in [1.807, 2.05) is 23.1 Å². The first-order chi connectivity index (χ1) is 15.9. The molecule has 1 fully saturated rings. The van der Waals surface area contributed by atoms with Crippen molar-refractivity contribution in [3.63, 3.8) is 0 Å². The van der Waals surface area contributed by atoms with Gasteiger partial charge in [-0.25, -0.2) is 0 Å². The Hall–Kier alpha value is -3.05. The first kappa shape index (κ1) is 21.8. The molecule has 2 aliphatic rings. The number of rotatable bonds is 2. The second kappa shape index (κ2) is 8.71. The molecule has 0 aliphatic carbocycles. The molecular weight excluding hydrogens is 426 g/mol. The van der Waals surface area contributed by atoms with Crippen LogP contribution in [-0.2, 0) is 0 Å². The summed E-state index contributed by atoms with van der Waals surface area (Å²) in [5.41, 5.74) is 7.47. The number of nitrogens with zero attached hydrogens (tertiary/aromatic N) is 3. The Morgan fingerprint density at radius 3 is 2.52 bits per heavy atom. The van der Waals surface area contributed by atoms with Crippen molar-refractivity contribution in [1.82, 2.24) is 4.90 Å². The molecule has 4 nitrogen and oxygen atoms in total. The smallest absolute Gasteiger partial charge is 0.254 e. The lowest BCUT2D eigenvalue weighted by Gasteiger charge is -2.41. The van der Waals surface area contributed by atoms with Gasteiger partial charge in [0.25, 0.3) is 5.91 Å². The highest BCUT2D eigenvalue weighted by Gasteiger charge is 2.28. The summed E-state index contributed by atoms with van der Waals surface area (Å²) in [7, 11) is 0. The molecule has 1 amide bonds. The Balaban J connectivity index is 1.36. The SMILES string of the molecule is CC1=Nc2cc(C(=O)N3CCN(c4cccc(C)c4)[C@@H](C)C3)ccc2Sc2ccc(C)cc21. The fourth-order valence-electron chi connectivity index (χ4n) is 4.71. The standard InChI is InChI=1S/C28H29N3OS/c1-18-6-5-7-23(14-18)31-13-12-30(17-20(31)3)28(32)22-9-11-27-25(16-22)29-21(4)24-15-19(2)8-10-26(24)33-27/h5-11,14-16,20H,12-13,17H2,1-4H3/t20-/m0/s1. The Morgan fingerprint density at radius 1 is 0.939 bits per heavy atom. The summed E-state index contributed by atoms with van der Waals surface area (Å²) >= 11 is 1.73. The number of piperazine rings is 1. The van der Waals surface area contributed by atoms with E-state index < -0.39 is 0 Å². The molecule has 5 heteroatoms. The molecule has 2 heterocycles. The predicted molar refractivity (Wildman–Crippen MR) is 138 cm³/mol. The van der Waals surface area contributed by atoms with Crippen LogP contribution in [0.15, 0.2) is 75.4 Å². The van der Waals surface area contributed by atoms with E-state index in [2.05, 4.69) is 75.1 Å². The molecule has 0 N–H and O–H groups in total. The van der Waals surface area contributed by atoms with Crippen molar-refractivity contribution >= 4 is 34.8 Å². The van der Waals surface area contributed by atoms with E-state index in [9.17, 15) is 4.79 Å². The average molecular weight is 456 g/mol. The molecule has 2 aliphatic heterocycles. The molecule has 5 rings (SSSR count). The lowest BCUT2D eigenvalue weighted by atomic mass is 10.1. The fraction of sp³-hybridized carbons (Fsp3) is 0.286. The molecule has 3 aromatic rings. The number of amides is 1. The number of anilines is 1. The summed E-state index contributed by atoms with van der Waals surface area (Å²) in [6.07, 6.45) is 0. The lowest BCUT2D eigenvalue weighted by Crippen LogP contribution is -2.53. The molecule has 3 aromatic carbocycles.